The molecule has 3 heteroatoms. The van der Waals surface area contributed by atoms with Gasteiger partial charge in [-0.1, -0.05) is 0 Å². The van der Waals surface area contributed by atoms with Crippen molar-refractivity contribution in [2.45, 2.75) is 0 Å². The van der Waals surface area contributed by atoms with Crippen LogP contribution in [-0.4, -0.2) is 12.8 Å². The first-order valence-corrected chi connectivity index (χ1v) is 9.55. The van der Waals surface area contributed by atoms with E-state index in [0.29, 0.717) is 0 Å². The predicted molar refractivity (Wildman–Crippen MR) is 98.9 cm³/mol. The van der Waals surface area contributed by atoms with E-state index in [0.717, 1.165) is 15.9 Å². The Bertz CT molecular complexity index is 674. The van der Waals surface area contributed by atoms with Gasteiger partial charge >= 0.3 is 137 Å². The normalized spacial score (nSPS) is 11.7. The van der Waals surface area contributed by atoms with E-state index in [9.17, 15) is 4.79 Å². The molecule has 0 aliphatic rings. The Hall–Kier alpha value is -2.44. The van der Waals surface area contributed by atoms with Gasteiger partial charge in [-0.05, 0) is 0 Å². The second kappa shape index (κ2) is 6.76. The molecule has 0 aromatic heterocycles. The Labute approximate surface area is 137 Å². The summed E-state index contributed by atoms with van der Waals surface area (Å²) in [6.45, 7) is 0. The molecule has 0 amide bonds. The van der Waals surface area contributed by atoms with Crippen LogP contribution in [-0.2, 0) is 4.74 Å². The third-order valence-corrected chi connectivity index (χ3v) is 8.53. The van der Waals surface area contributed by atoms with Gasteiger partial charge < -0.3 is 0 Å². The number of hydrogen-bond donors (Lipinski definition) is 0. The van der Waals surface area contributed by atoms with Gasteiger partial charge in [-0.15, -0.1) is 0 Å². The summed E-state index contributed by atoms with van der Waals surface area (Å²) >= 11 is 0. The molecule has 116 valence electrons. The van der Waals surface area contributed by atoms with Crippen molar-refractivity contribution in [1.82, 2.24) is 0 Å². The van der Waals surface area contributed by atoms with Crippen LogP contribution in [0.15, 0.2) is 91.0 Å². The van der Waals surface area contributed by atoms with E-state index >= 15 is 0 Å². The molecule has 0 aliphatic heterocycles. The summed E-state index contributed by atoms with van der Waals surface area (Å²) in [6.07, 6.45) is 0. The van der Waals surface area contributed by atoms with Crippen molar-refractivity contribution in [2.75, 3.05) is 7.11 Å². The van der Waals surface area contributed by atoms with Crippen molar-refractivity contribution in [2.24, 2.45) is 0 Å². The Morgan fingerprint density at radius 2 is 0.957 bits per heavy atom. The monoisotopic (exact) mass is 322 g/mol. The summed E-state index contributed by atoms with van der Waals surface area (Å²) in [4.78, 5) is 13.1. The minimum absolute atomic E-state index is 0.152. The number of benzene rings is 3. The fourth-order valence-corrected chi connectivity index (χ4v) is 7.16. The summed E-state index contributed by atoms with van der Waals surface area (Å²) in [5.41, 5.74) is -0.152. The summed E-state index contributed by atoms with van der Waals surface area (Å²) in [6, 6.07) is 30.0. The third-order valence-electron chi connectivity index (χ3n) is 4.11. The molecule has 23 heavy (non-hydrogen) atoms. The Morgan fingerprint density at radius 1 is 0.652 bits per heavy atom. The Kier molecular flexibility index (Phi) is 4.55. The zero-order valence-corrected chi connectivity index (χ0v) is 14.0. The maximum absolute atomic E-state index is 13.1. The first-order chi connectivity index (χ1) is 11.3. The van der Waals surface area contributed by atoms with Gasteiger partial charge in [-0.25, -0.2) is 0 Å². The van der Waals surface area contributed by atoms with Crippen LogP contribution in [0.25, 0.3) is 0 Å². The topological polar surface area (TPSA) is 26.3 Å². The quantitative estimate of drug-likeness (QED) is 0.688. The first kappa shape index (κ1) is 15.5. The zero-order chi connectivity index (χ0) is 16.1. The van der Waals surface area contributed by atoms with Gasteiger partial charge in [0.1, 0.15) is 0 Å². The second-order valence-electron chi connectivity index (χ2n) is 5.34. The molecule has 0 atom stereocenters. The standard InChI is InChI=1S/C20H19O2P/c1-22-20(21)23(17-11-5-2-6-12-17,18-13-7-3-8-14-18)19-15-9-4-10-16-19/h2-16,23H,1H3. The van der Waals surface area contributed by atoms with E-state index in [1.807, 2.05) is 91.0 Å². The van der Waals surface area contributed by atoms with E-state index in [1.54, 1.807) is 0 Å². The molecule has 0 spiro atoms. The third kappa shape index (κ3) is 2.67. The average Bonchev–Trinajstić information content (AvgIpc) is 2.65. The van der Waals surface area contributed by atoms with Gasteiger partial charge in [0.2, 0.25) is 0 Å². The van der Waals surface area contributed by atoms with E-state index < -0.39 is 7.26 Å². The van der Waals surface area contributed by atoms with Crippen LogP contribution in [0.2, 0.25) is 0 Å². The molecule has 0 fully saturated rings. The number of hydrogen-bond acceptors (Lipinski definition) is 2. The molecule has 2 nitrogen and oxygen atoms in total. The fraction of sp³-hybridized carbons (Fsp3) is 0.0500. The number of rotatable bonds is 4. The predicted octanol–water partition coefficient (Wildman–Crippen LogP) is 3.48. The Morgan fingerprint density at radius 3 is 1.22 bits per heavy atom. The summed E-state index contributed by atoms with van der Waals surface area (Å²) in [5.74, 6) is 0. The van der Waals surface area contributed by atoms with Crippen LogP contribution < -0.4 is 15.9 Å². The summed E-state index contributed by atoms with van der Waals surface area (Å²) in [5, 5.41) is 3.10. The number of carbonyl (C=O) groups excluding carboxylic acids is 1. The first-order valence-electron chi connectivity index (χ1n) is 7.55. The Balaban J connectivity index is 2.38. The van der Waals surface area contributed by atoms with E-state index in [1.165, 1.54) is 7.11 Å². The van der Waals surface area contributed by atoms with Crippen molar-refractivity contribution in [3.63, 3.8) is 0 Å². The van der Waals surface area contributed by atoms with Gasteiger partial charge in [0.05, 0.1) is 0 Å². The van der Waals surface area contributed by atoms with Crippen LogP contribution in [0.3, 0.4) is 0 Å². The van der Waals surface area contributed by atoms with Crippen molar-refractivity contribution >= 4 is 28.9 Å². The van der Waals surface area contributed by atoms with Gasteiger partial charge in [0.15, 0.2) is 0 Å². The molecule has 3 rings (SSSR count). The zero-order valence-electron chi connectivity index (χ0n) is 13.0. The van der Waals surface area contributed by atoms with Crippen LogP contribution >= 0.6 is 7.26 Å². The van der Waals surface area contributed by atoms with E-state index in [-0.39, 0.29) is 5.71 Å². The SMILES string of the molecule is COC(=O)[PH](c1ccccc1)(c1ccccc1)c1ccccc1. The molecule has 0 saturated carbocycles. The van der Waals surface area contributed by atoms with Crippen molar-refractivity contribution in [3.05, 3.63) is 91.0 Å². The van der Waals surface area contributed by atoms with Gasteiger partial charge in [-0.3, -0.25) is 0 Å². The molecule has 0 N–H and O–H groups in total. The molecule has 0 heterocycles. The van der Waals surface area contributed by atoms with Crippen LogP contribution in [0.1, 0.15) is 0 Å². The van der Waals surface area contributed by atoms with Gasteiger partial charge in [0, 0.05) is 0 Å². The van der Waals surface area contributed by atoms with E-state index in [2.05, 4.69) is 0 Å². The molecular weight excluding hydrogens is 303 g/mol. The average molecular weight is 322 g/mol. The molecule has 0 aliphatic carbocycles. The fourth-order valence-electron chi connectivity index (χ4n) is 3.07. The van der Waals surface area contributed by atoms with Crippen molar-refractivity contribution < 1.29 is 9.53 Å². The molecule has 0 saturated heterocycles. The molecule has 0 radical (unpaired) electrons. The second-order valence-corrected chi connectivity index (χ2v) is 8.98. The number of carbonyl (C=O) groups is 1. The molecule has 0 unspecified atom stereocenters. The van der Waals surface area contributed by atoms with Gasteiger partial charge in [0.25, 0.3) is 0 Å². The molecular formula is C20H19O2P. The van der Waals surface area contributed by atoms with Crippen molar-refractivity contribution in [1.29, 1.82) is 0 Å². The van der Waals surface area contributed by atoms with Crippen LogP contribution in [0.5, 0.6) is 0 Å². The summed E-state index contributed by atoms with van der Waals surface area (Å²) < 4.78 is 5.30. The summed E-state index contributed by atoms with van der Waals surface area (Å²) in [7, 11) is -1.42. The van der Waals surface area contributed by atoms with Gasteiger partial charge in [-0.2, -0.15) is 0 Å². The minimum atomic E-state index is -2.89. The molecule has 3 aromatic carbocycles. The maximum atomic E-state index is 13.1. The number of ether oxygens (including phenoxy) is 1. The van der Waals surface area contributed by atoms with Crippen molar-refractivity contribution in [3.8, 4) is 0 Å². The molecule has 0 bridgehead atoms. The molecule has 3 aromatic rings. The number of methoxy groups -OCH3 is 1. The van der Waals surface area contributed by atoms with Crippen LogP contribution in [0, 0.1) is 0 Å². The van der Waals surface area contributed by atoms with E-state index in [4.69, 9.17) is 4.74 Å². The van der Waals surface area contributed by atoms with Crippen LogP contribution in [0.4, 0.5) is 4.79 Å².